The van der Waals surface area contributed by atoms with Crippen LogP contribution in [0.4, 0.5) is 5.69 Å². The molecule has 0 spiro atoms. The average Bonchev–Trinajstić information content (AvgIpc) is 3.42. The minimum atomic E-state index is -3.31. The second kappa shape index (κ2) is 7.85. The summed E-state index contributed by atoms with van der Waals surface area (Å²) in [5.74, 6) is 0.578. The molecule has 2 aromatic rings. The molecule has 2 atom stereocenters. The fourth-order valence-corrected chi connectivity index (χ4v) is 4.85. The molecule has 0 aliphatic heterocycles. The van der Waals surface area contributed by atoms with E-state index in [4.69, 9.17) is 5.73 Å². The van der Waals surface area contributed by atoms with Crippen LogP contribution in [0, 0.1) is 0 Å². The molecular formula is C22H29N3O2S. The Bertz CT molecular complexity index is 919. The molecule has 0 amide bonds. The van der Waals surface area contributed by atoms with Crippen LogP contribution in [0.5, 0.6) is 0 Å². The number of benzene rings is 2. The van der Waals surface area contributed by atoms with Gasteiger partial charge in [0.05, 0.1) is 11.9 Å². The number of nitrogens with one attached hydrogen (secondary N) is 2. The molecule has 2 aliphatic rings. The average molecular weight is 400 g/mol. The number of rotatable bonds is 6. The first kappa shape index (κ1) is 19.4. The van der Waals surface area contributed by atoms with Gasteiger partial charge in [-0.05, 0) is 49.3 Å². The van der Waals surface area contributed by atoms with E-state index in [1.165, 1.54) is 31.1 Å². The molecule has 0 bridgehead atoms. The van der Waals surface area contributed by atoms with Crippen molar-refractivity contribution in [3.8, 4) is 11.1 Å². The van der Waals surface area contributed by atoms with Gasteiger partial charge in [0.1, 0.15) is 0 Å². The number of para-hydroxylation sites is 1. The highest BCUT2D eigenvalue weighted by Crippen LogP contribution is 2.42. The van der Waals surface area contributed by atoms with Gasteiger partial charge in [-0.25, -0.2) is 8.42 Å². The zero-order valence-corrected chi connectivity index (χ0v) is 17.1. The number of anilines is 1. The molecule has 0 saturated heterocycles. The lowest BCUT2D eigenvalue weighted by atomic mass is 9.92. The molecule has 4 rings (SSSR count). The Morgan fingerprint density at radius 1 is 0.964 bits per heavy atom. The molecule has 2 fully saturated rings. The highest BCUT2D eigenvalue weighted by atomic mass is 32.2. The van der Waals surface area contributed by atoms with Crippen LogP contribution in [0.15, 0.2) is 48.5 Å². The highest BCUT2D eigenvalue weighted by Gasteiger charge is 2.39. The van der Waals surface area contributed by atoms with Gasteiger partial charge >= 0.3 is 0 Å². The highest BCUT2D eigenvalue weighted by molar-refractivity contribution is 7.92. The Labute approximate surface area is 167 Å². The van der Waals surface area contributed by atoms with Crippen LogP contribution < -0.4 is 15.8 Å². The quantitative estimate of drug-likeness (QED) is 0.695. The maximum absolute atomic E-state index is 11.6. The van der Waals surface area contributed by atoms with E-state index in [-0.39, 0.29) is 0 Å². The van der Waals surface area contributed by atoms with Crippen LogP contribution in [-0.2, 0) is 10.0 Å². The molecule has 6 heteroatoms. The molecule has 28 heavy (non-hydrogen) atoms. The van der Waals surface area contributed by atoms with Gasteiger partial charge in [-0.3, -0.25) is 4.72 Å². The molecule has 0 radical (unpaired) electrons. The predicted molar refractivity (Wildman–Crippen MR) is 115 cm³/mol. The van der Waals surface area contributed by atoms with Crippen LogP contribution in [0.2, 0.25) is 0 Å². The van der Waals surface area contributed by atoms with Crippen LogP contribution >= 0.6 is 0 Å². The second-order valence-corrected chi connectivity index (χ2v) is 10.0. The molecule has 2 saturated carbocycles. The molecule has 2 aromatic carbocycles. The summed E-state index contributed by atoms with van der Waals surface area (Å²) >= 11 is 0. The van der Waals surface area contributed by atoms with Crippen molar-refractivity contribution in [2.45, 2.75) is 56.1 Å². The Kier molecular flexibility index (Phi) is 5.45. The Morgan fingerprint density at radius 2 is 1.64 bits per heavy atom. The van der Waals surface area contributed by atoms with Crippen molar-refractivity contribution in [1.82, 2.24) is 5.32 Å². The van der Waals surface area contributed by atoms with Gasteiger partial charge in [-0.1, -0.05) is 42.5 Å². The topological polar surface area (TPSA) is 84.2 Å². The van der Waals surface area contributed by atoms with Crippen LogP contribution in [0.25, 0.3) is 11.1 Å². The third-order valence-electron chi connectivity index (χ3n) is 5.88. The molecular weight excluding hydrogens is 370 g/mol. The summed E-state index contributed by atoms with van der Waals surface area (Å²) < 4.78 is 25.9. The van der Waals surface area contributed by atoms with Gasteiger partial charge in [-0.2, -0.15) is 0 Å². The summed E-state index contributed by atoms with van der Waals surface area (Å²) in [6.07, 6.45) is 7.00. The predicted octanol–water partition coefficient (Wildman–Crippen LogP) is 3.44. The van der Waals surface area contributed by atoms with Crippen molar-refractivity contribution in [1.29, 1.82) is 0 Å². The van der Waals surface area contributed by atoms with Gasteiger partial charge in [0.25, 0.3) is 0 Å². The van der Waals surface area contributed by atoms with Crippen LogP contribution in [0.1, 0.15) is 43.6 Å². The van der Waals surface area contributed by atoms with Crippen molar-refractivity contribution in [3.05, 3.63) is 54.1 Å². The van der Waals surface area contributed by atoms with E-state index >= 15 is 0 Å². The van der Waals surface area contributed by atoms with Crippen molar-refractivity contribution in [3.63, 3.8) is 0 Å². The van der Waals surface area contributed by atoms with E-state index in [1.807, 2.05) is 18.2 Å². The number of hydrogen-bond donors (Lipinski definition) is 3. The van der Waals surface area contributed by atoms with Gasteiger partial charge in [-0.15, -0.1) is 0 Å². The molecule has 0 heterocycles. The van der Waals surface area contributed by atoms with Crippen molar-refractivity contribution >= 4 is 15.7 Å². The number of hydrogen-bond acceptors (Lipinski definition) is 4. The van der Waals surface area contributed by atoms with Crippen LogP contribution in [-0.4, -0.2) is 32.8 Å². The number of nitrogens with two attached hydrogens (primary N) is 1. The first-order chi connectivity index (χ1) is 13.4. The van der Waals surface area contributed by atoms with Gasteiger partial charge in [0, 0.05) is 29.6 Å². The lowest BCUT2D eigenvalue weighted by Crippen LogP contribution is -2.38. The molecule has 2 unspecified atom stereocenters. The van der Waals surface area contributed by atoms with E-state index in [1.54, 1.807) is 6.07 Å². The Balaban J connectivity index is 1.42. The van der Waals surface area contributed by atoms with E-state index in [9.17, 15) is 8.42 Å². The molecule has 5 nitrogen and oxygen atoms in total. The smallest absolute Gasteiger partial charge is 0.229 e. The lowest BCUT2D eigenvalue weighted by molar-refractivity contribution is 0.339. The van der Waals surface area contributed by atoms with Gasteiger partial charge in [0.15, 0.2) is 0 Å². The third kappa shape index (κ3) is 4.74. The van der Waals surface area contributed by atoms with Gasteiger partial charge in [0.2, 0.25) is 10.0 Å². The maximum Gasteiger partial charge on any atom is 0.229 e. The molecule has 4 N–H and O–H groups in total. The van der Waals surface area contributed by atoms with Crippen LogP contribution in [0.3, 0.4) is 0 Å². The Hall–Kier alpha value is -1.89. The lowest BCUT2D eigenvalue weighted by Gasteiger charge is -2.27. The fraction of sp³-hybridized carbons (Fsp3) is 0.455. The molecule has 0 aromatic heterocycles. The van der Waals surface area contributed by atoms with Gasteiger partial charge < -0.3 is 11.1 Å². The summed E-state index contributed by atoms with van der Waals surface area (Å²) in [6, 6.07) is 17.6. The third-order valence-corrected chi connectivity index (χ3v) is 6.48. The maximum atomic E-state index is 11.6. The van der Waals surface area contributed by atoms with E-state index in [0.29, 0.717) is 29.7 Å². The first-order valence-corrected chi connectivity index (χ1v) is 12.0. The minimum absolute atomic E-state index is 0.389. The fourth-order valence-electron chi connectivity index (χ4n) is 4.27. The van der Waals surface area contributed by atoms with E-state index in [0.717, 1.165) is 24.0 Å². The summed E-state index contributed by atoms with van der Waals surface area (Å²) in [6.45, 7) is 0. The molecule has 150 valence electrons. The largest absolute Gasteiger partial charge is 0.328 e. The zero-order chi connectivity index (χ0) is 19.7. The standard InChI is InChI=1S/C22H29N3O2S/c1-28(26,27)25-21-5-3-2-4-19(21)15-6-8-16(9-7-15)20-14-22(20)24-18-12-10-17(23)11-13-18/h2-9,17-18,20,22,24-25H,10-14,23H2,1H3/t17-,18-,20?,22?. The molecule has 2 aliphatic carbocycles. The van der Waals surface area contributed by atoms with Crippen molar-refractivity contribution in [2.75, 3.05) is 11.0 Å². The summed E-state index contributed by atoms with van der Waals surface area (Å²) in [7, 11) is -3.31. The van der Waals surface area contributed by atoms with E-state index in [2.05, 4.69) is 34.3 Å². The SMILES string of the molecule is CS(=O)(=O)Nc1ccccc1-c1ccc(C2CC2N[C@H]2CC[C@H](N)CC2)cc1. The summed E-state index contributed by atoms with van der Waals surface area (Å²) in [5, 5.41) is 3.81. The first-order valence-electron chi connectivity index (χ1n) is 10.1. The summed E-state index contributed by atoms with van der Waals surface area (Å²) in [5.41, 5.74) is 9.87. The summed E-state index contributed by atoms with van der Waals surface area (Å²) in [4.78, 5) is 0. The van der Waals surface area contributed by atoms with Crippen molar-refractivity contribution < 1.29 is 8.42 Å². The normalized spacial score (nSPS) is 27.4. The van der Waals surface area contributed by atoms with Crippen molar-refractivity contribution in [2.24, 2.45) is 5.73 Å². The number of sulfonamides is 1. The second-order valence-electron chi connectivity index (χ2n) is 8.27. The monoisotopic (exact) mass is 399 g/mol. The Morgan fingerprint density at radius 3 is 2.32 bits per heavy atom. The van der Waals surface area contributed by atoms with E-state index < -0.39 is 10.0 Å². The minimum Gasteiger partial charge on any atom is -0.328 e. The zero-order valence-electron chi connectivity index (χ0n) is 16.3.